The van der Waals surface area contributed by atoms with Crippen molar-refractivity contribution in [1.82, 2.24) is 14.9 Å². The summed E-state index contributed by atoms with van der Waals surface area (Å²) in [5.41, 5.74) is -3.06. The minimum Gasteiger partial charge on any atom is -0.331 e. The van der Waals surface area contributed by atoms with Crippen LogP contribution in [0.4, 0.5) is 4.39 Å². The van der Waals surface area contributed by atoms with Crippen LogP contribution in [0.2, 0.25) is 0 Å². The summed E-state index contributed by atoms with van der Waals surface area (Å²) in [6, 6.07) is 0. The number of aromatic amines is 1. The first-order chi connectivity index (χ1) is 9.34. The van der Waals surface area contributed by atoms with Gasteiger partial charge in [0.1, 0.15) is 0 Å². The van der Waals surface area contributed by atoms with Crippen LogP contribution in [0.3, 0.4) is 0 Å². The van der Waals surface area contributed by atoms with Gasteiger partial charge in [-0.25, -0.2) is 4.79 Å². The van der Waals surface area contributed by atoms with E-state index >= 15 is 0 Å². The molecule has 1 aromatic rings. The molecule has 118 valence electrons. The summed E-state index contributed by atoms with van der Waals surface area (Å²) in [6.45, 7) is 4.82. The number of amides is 1. The van der Waals surface area contributed by atoms with Gasteiger partial charge in [0.2, 0.25) is 15.5 Å². The molecule has 1 atom stereocenters. The molecule has 0 spiro atoms. The van der Waals surface area contributed by atoms with Crippen LogP contribution in [0.15, 0.2) is 15.8 Å². The molecule has 6 nitrogen and oxygen atoms in total. The minimum atomic E-state index is -2.14. The molecule has 1 aromatic heterocycles. The van der Waals surface area contributed by atoms with E-state index in [1.54, 1.807) is 25.8 Å². The van der Waals surface area contributed by atoms with Gasteiger partial charge in [0.15, 0.2) is 6.17 Å². The van der Waals surface area contributed by atoms with Crippen molar-refractivity contribution >= 4 is 40.7 Å². The molecular weight excluding hydrogens is 347 g/mol. The lowest BCUT2D eigenvalue weighted by Gasteiger charge is -2.29. The molecular formula is C11H13Cl3FN3O3. The van der Waals surface area contributed by atoms with Crippen LogP contribution in [0.25, 0.3) is 0 Å². The molecule has 0 unspecified atom stereocenters. The topological polar surface area (TPSA) is 84.0 Å². The summed E-state index contributed by atoms with van der Waals surface area (Å²) in [6.07, 6.45) is -0.926. The Morgan fingerprint density at radius 2 is 1.86 bits per heavy atom. The van der Waals surface area contributed by atoms with Gasteiger partial charge in [-0.3, -0.25) is 19.1 Å². The monoisotopic (exact) mass is 359 g/mol. The van der Waals surface area contributed by atoms with Crippen molar-refractivity contribution in [3.05, 3.63) is 32.9 Å². The van der Waals surface area contributed by atoms with E-state index < -0.39 is 38.3 Å². The van der Waals surface area contributed by atoms with Gasteiger partial charge < -0.3 is 5.32 Å². The number of nitrogens with zero attached hydrogens (tertiary/aromatic N) is 1. The van der Waals surface area contributed by atoms with Gasteiger partial charge in [-0.1, -0.05) is 55.6 Å². The SMILES string of the molecule is CC(C)(C)C(=O)N[C@@H](n1cc(F)c(=O)[nH]c1=O)C(Cl)(Cl)Cl. The van der Waals surface area contributed by atoms with Crippen molar-refractivity contribution in [2.24, 2.45) is 5.41 Å². The van der Waals surface area contributed by atoms with Gasteiger partial charge in [-0.2, -0.15) is 4.39 Å². The summed E-state index contributed by atoms with van der Waals surface area (Å²) < 4.78 is 11.8. The predicted molar refractivity (Wildman–Crippen MR) is 78.2 cm³/mol. The Labute approximate surface area is 134 Å². The fraction of sp³-hybridized carbons (Fsp3) is 0.545. The highest BCUT2D eigenvalue weighted by Gasteiger charge is 2.38. The van der Waals surface area contributed by atoms with Crippen LogP contribution < -0.4 is 16.6 Å². The highest BCUT2D eigenvalue weighted by Crippen LogP contribution is 2.36. The van der Waals surface area contributed by atoms with Crippen LogP contribution >= 0.6 is 34.8 Å². The average Bonchev–Trinajstić information content (AvgIpc) is 2.28. The van der Waals surface area contributed by atoms with Crippen molar-refractivity contribution in [3.63, 3.8) is 0 Å². The van der Waals surface area contributed by atoms with Crippen molar-refractivity contribution in [1.29, 1.82) is 0 Å². The molecule has 0 aliphatic carbocycles. The van der Waals surface area contributed by atoms with Crippen LogP contribution in [0.1, 0.15) is 26.9 Å². The number of carbonyl (C=O) groups excluding carboxylic acids is 1. The number of rotatable bonds is 2. The zero-order valence-corrected chi connectivity index (χ0v) is 13.6. The summed E-state index contributed by atoms with van der Waals surface area (Å²) in [5.74, 6) is -1.78. The Kier molecular flexibility index (Phi) is 5.13. The van der Waals surface area contributed by atoms with Crippen molar-refractivity contribution in [2.75, 3.05) is 0 Å². The van der Waals surface area contributed by atoms with Crippen LogP contribution in [-0.2, 0) is 4.79 Å². The Morgan fingerprint density at radius 1 is 1.33 bits per heavy atom. The number of nitrogens with one attached hydrogen (secondary N) is 2. The maximum Gasteiger partial charge on any atom is 0.330 e. The Bertz CT molecular complexity index is 658. The zero-order valence-electron chi connectivity index (χ0n) is 11.3. The molecule has 0 aliphatic rings. The van der Waals surface area contributed by atoms with Gasteiger partial charge in [-0.15, -0.1) is 0 Å². The lowest BCUT2D eigenvalue weighted by molar-refractivity contribution is -0.129. The highest BCUT2D eigenvalue weighted by atomic mass is 35.6. The third-order valence-electron chi connectivity index (χ3n) is 2.46. The number of halogens is 4. The third-order valence-corrected chi connectivity index (χ3v) is 3.08. The van der Waals surface area contributed by atoms with Crippen molar-refractivity contribution < 1.29 is 9.18 Å². The molecule has 0 saturated heterocycles. The molecule has 0 aliphatic heterocycles. The molecule has 10 heteroatoms. The van der Waals surface area contributed by atoms with E-state index in [-0.39, 0.29) is 0 Å². The molecule has 0 bridgehead atoms. The number of alkyl halides is 3. The van der Waals surface area contributed by atoms with E-state index in [1.165, 1.54) is 0 Å². The fourth-order valence-electron chi connectivity index (χ4n) is 1.30. The number of hydrogen-bond donors (Lipinski definition) is 2. The first-order valence-electron chi connectivity index (χ1n) is 5.72. The Hall–Kier alpha value is -1.05. The average molecular weight is 361 g/mol. The Balaban J connectivity index is 3.35. The van der Waals surface area contributed by atoms with E-state index in [0.717, 1.165) is 0 Å². The van der Waals surface area contributed by atoms with Gasteiger partial charge in [0.25, 0.3) is 5.56 Å². The van der Waals surface area contributed by atoms with Gasteiger partial charge in [0, 0.05) is 5.41 Å². The minimum absolute atomic E-state index is 0.530. The lowest BCUT2D eigenvalue weighted by Crippen LogP contribution is -2.49. The lowest BCUT2D eigenvalue weighted by atomic mass is 9.95. The normalized spacial score (nSPS) is 13.9. The Morgan fingerprint density at radius 3 is 2.29 bits per heavy atom. The maximum atomic E-state index is 13.3. The standard InChI is InChI=1S/C11H13Cl3FN3O3/c1-10(2,3)8(20)17-7(11(12,13)14)18-4-5(15)6(19)16-9(18)21/h4,7H,1-3H3,(H,17,20)(H,16,19,21)/t7-/m0/s1. The smallest absolute Gasteiger partial charge is 0.330 e. The van der Waals surface area contributed by atoms with Crippen LogP contribution in [0.5, 0.6) is 0 Å². The fourth-order valence-corrected chi connectivity index (χ4v) is 1.78. The number of hydrogen-bond acceptors (Lipinski definition) is 3. The molecule has 0 saturated carbocycles. The van der Waals surface area contributed by atoms with E-state index in [1.807, 2.05) is 0 Å². The molecule has 0 fully saturated rings. The quantitative estimate of drug-likeness (QED) is 0.788. The first-order valence-corrected chi connectivity index (χ1v) is 6.86. The number of aromatic nitrogens is 2. The molecule has 1 rings (SSSR count). The molecule has 1 heterocycles. The molecule has 21 heavy (non-hydrogen) atoms. The maximum absolute atomic E-state index is 13.3. The number of H-pyrrole nitrogens is 1. The van der Waals surface area contributed by atoms with Crippen molar-refractivity contribution in [2.45, 2.75) is 30.7 Å². The summed E-state index contributed by atoms with van der Waals surface area (Å²) in [7, 11) is 0. The first kappa shape index (κ1) is 18.0. The molecule has 0 radical (unpaired) electrons. The molecule has 0 aromatic carbocycles. The second-order valence-electron chi connectivity index (χ2n) is 5.31. The van der Waals surface area contributed by atoms with Crippen LogP contribution in [-0.4, -0.2) is 19.3 Å². The second kappa shape index (κ2) is 5.98. The third kappa shape index (κ3) is 4.46. The summed E-state index contributed by atoms with van der Waals surface area (Å²) >= 11 is 17.2. The van der Waals surface area contributed by atoms with E-state index in [9.17, 15) is 18.8 Å². The highest BCUT2D eigenvalue weighted by molar-refractivity contribution is 6.67. The predicted octanol–water partition coefficient (Wildman–Crippen LogP) is 1.71. The van der Waals surface area contributed by atoms with Crippen LogP contribution in [0, 0.1) is 11.2 Å². The van der Waals surface area contributed by atoms with E-state index in [0.29, 0.717) is 10.8 Å². The van der Waals surface area contributed by atoms with E-state index in [2.05, 4.69) is 5.32 Å². The van der Waals surface area contributed by atoms with Gasteiger partial charge in [-0.05, 0) is 0 Å². The van der Waals surface area contributed by atoms with Gasteiger partial charge >= 0.3 is 5.69 Å². The molecule has 2 N–H and O–H groups in total. The van der Waals surface area contributed by atoms with E-state index in [4.69, 9.17) is 34.8 Å². The second-order valence-corrected chi connectivity index (χ2v) is 7.68. The molecule has 1 amide bonds. The summed E-state index contributed by atoms with van der Waals surface area (Å²) in [5, 5.41) is 2.34. The zero-order chi connectivity index (χ0) is 16.6. The largest absolute Gasteiger partial charge is 0.331 e. The van der Waals surface area contributed by atoms with Crippen molar-refractivity contribution in [3.8, 4) is 0 Å². The van der Waals surface area contributed by atoms with Gasteiger partial charge in [0.05, 0.1) is 6.20 Å². The summed E-state index contributed by atoms with van der Waals surface area (Å²) in [4.78, 5) is 36.5. The number of carbonyl (C=O) groups is 1.